The van der Waals surface area contributed by atoms with Crippen LogP contribution in [0.15, 0.2) is 85.1 Å². The zero-order valence-corrected chi connectivity index (χ0v) is 12.9. The van der Waals surface area contributed by atoms with Crippen LogP contribution in [0.3, 0.4) is 0 Å². The Bertz CT molecular complexity index is 760. The molecule has 0 atom stereocenters. The first-order valence-corrected chi connectivity index (χ1v) is 8.97. The summed E-state index contributed by atoms with van der Waals surface area (Å²) in [7, 11) is -2.89. The molecule has 0 unspecified atom stereocenters. The Morgan fingerprint density at radius 3 is 1.77 bits per heavy atom. The largest absolute Gasteiger partial charge is 0.618 e. The lowest BCUT2D eigenvalue weighted by Crippen LogP contribution is -2.32. The fourth-order valence-corrected chi connectivity index (χ4v) is 5.16. The molecule has 1 aromatic heterocycles. The lowest BCUT2D eigenvalue weighted by molar-refractivity contribution is -0.612. The third-order valence-corrected chi connectivity index (χ3v) is 6.67. The van der Waals surface area contributed by atoms with Gasteiger partial charge in [0.2, 0.25) is 5.69 Å². The van der Waals surface area contributed by atoms with Crippen molar-refractivity contribution < 1.29 is 9.30 Å². The summed E-state index contributed by atoms with van der Waals surface area (Å²) < 4.78 is 14.6. The normalized spacial score (nSPS) is 11.3. The molecule has 0 aliphatic heterocycles. The van der Waals surface area contributed by atoms with Crippen molar-refractivity contribution in [2.24, 2.45) is 0 Å². The van der Waals surface area contributed by atoms with Gasteiger partial charge in [-0.25, -0.2) is 0 Å². The summed E-state index contributed by atoms with van der Waals surface area (Å²) in [5.41, 5.74) is 0.513. The Kier molecular flexibility index (Phi) is 4.08. The average Bonchev–Trinajstić information content (AvgIpc) is 2.58. The van der Waals surface area contributed by atoms with E-state index < -0.39 is 7.14 Å². The van der Waals surface area contributed by atoms with Crippen molar-refractivity contribution in [1.29, 1.82) is 0 Å². The van der Waals surface area contributed by atoms with Gasteiger partial charge in [-0.05, 0) is 6.07 Å². The average molecular weight is 309 g/mol. The standard InChI is InChI=1S/C18H16NO2P/c20-19-14-8-7-9-16(19)15-22(21,17-10-3-1-4-11-17)18-12-5-2-6-13-18/h1-14H,15H2. The Labute approximate surface area is 129 Å². The van der Waals surface area contributed by atoms with Crippen molar-refractivity contribution in [2.75, 3.05) is 0 Å². The molecule has 3 aromatic rings. The number of rotatable bonds is 4. The molecule has 0 saturated carbocycles. The summed E-state index contributed by atoms with van der Waals surface area (Å²) in [5, 5.41) is 13.5. The molecule has 1 heterocycles. The summed E-state index contributed by atoms with van der Waals surface area (Å²) in [5.74, 6) is 0. The van der Waals surface area contributed by atoms with E-state index in [1.54, 1.807) is 18.2 Å². The lowest BCUT2D eigenvalue weighted by Gasteiger charge is -2.18. The third-order valence-electron chi connectivity index (χ3n) is 3.64. The zero-order chi connectivity index (χ0) is 15.4. The lowest BCUT2D eigenvalue weighted by atomic mass is 10.4. The highest BCUT2D eigenvalue weighted by Crippen LogP contribution is 2.46. The van der Waals surface area contributed by atoms with E-state index in [4.69, 9.17) is 0 Å². The van der Waals surface area contributed by atoms with Crippen molar-refractivity contribution in [3.8, 4) is 0 Å². The highest BCUT2D eigenvalue weighted by Gasteiger charge is 2.30. The minimum absolute atomic E-state index is 0.214. The van der Waals surface area contributed by atoms with Gasteiger partial charge in [0.15, 0.2) is 13.3 Å². The fourth-order valence-electron chi connectivity index (χ4n) is 2.48. The minimum Gasteiger partial charge on any atom is -0.618 e. The number of benzene rings is 2. The second-order valence-electron chi connectivity index (χ2n) is 5.09. The molecular weight excluding hydrogens is 293 g/mol. The predicted octanol–water partition coefficient (Wildman–Crippen LogP) is 2.83. The number of nitrogens with zero attached hydrogens (tertiary/aromatic N) is 1. The summed E-state index contributed by atoms with van der Waals surface area (Å²) in [4.78, 5) is 0. The Balaban J connectivity index is 2.13. The van der Waals surface area contributed by atoms with Gasteiger partial charge in [0.05, 0.1) is 6.16 Å². The van der Waals surface area contributed by atoms with E-state index >= 15 is 0 Å². The minimum atomic E-state index is -2.89. The Morgan fingerprint density at radius 1 is 0.773 bits per heavy atom. The van der Waals surface area contributed by atoms with Crippen LogP contribution in [0.1, 0.15) is 5.69 Å². The van der Waals surface area contributed by atoms with Crippen molar-refractivity contribution in [3.63, 3.8) is 0 Å². The van der Waals surface area contributed by atoms with Gasteiger partial charge in [0, 0.05) is 22.7 Å². The molecule has 3 nitrogen and oxygen atoms in total. The van der Waals surface area contributed by atoms with Crippen LogP contribution in [-0.2, 0) is 10.7 Å². The zero-order valence-electron chi connectivity index (χ0n) is 12.0. The Hall–Kier alpha value is -2.38. The molecule has 0 bridgehead atoms. The molecule has 0 fully saturated rings. The molecule has 0 amide bonds. The highest BCUT2D eigenvalue weighted by molar-refractivity contribution is 7.78. The van der Waals surface area contributed by atoms with E-state index in [0.717, 1.165) is 15.3 Å². The van der Waals surface area contributed by atoms with Gasteiger partial charge in [0.25, 0.3) is 0 Å². The second kappa shape index (κ2) is 6.17. The van der Waals surface area contributed by atoms with Gasteiger partial charge in [-0.2, -0.15) is 4.73 Å². The molecule has 0 aliphatic rings. The molecule has 0 saturated heterocycles. The Morgan fingerprint density at radius 2 is 1.27 bits per heavy atom. The number of pyridine rings is 1. The van der Waals surface area contributed by atoms with E-state index in [2.05, 4.69) is 0 Å². The van der Waals surface area contributed by atoms with E-state index in [0.29, 0.717) is 5.69 Å². The molecule has 0 radical (unpaired) electrons. The summed E-state index contributed by atoms with van der Waals surface area (Å²) in [6, 6.07) is 24.0. The van der Waals surface area contributed by atoms with E-state index in [1.807, 2.05) is 60.7 Å². The molecule has 2 aromatic carbocycles. The third kappa shape index (κ3) is 2.81. The first kappa shape index (κ1) is 14.6. The van der Waals surface area contributed by atoms with Crippen LogP contribution in [-0.4, -0.2) is 0 Å². The molecular formula is C18H16NO2P. The van der Waals surface area contributed by atoms with Crippen LogP contribution >= 0.6 is 7.14 Å². The topological polar surface area (TPSA) is 44.0 Å². The molecule has 0 aliphatic carbocycles. The molecule has 110 valence electrons. The quantitative estimate of drug-likeness (QED) is 0.422. The van der Waals surface area contributed by atoms with Crippen molar-refractivity contribution in [2.45, 2.75) is 6.16 Å². The number of aromatic nitrogens is 1. The monoisotopic (exact) mass is 309 g/mol. The van der Waals surface area contributed by atoms with Crippen molar-refractivity contribution in [1.82, 2.24) is 0 Å². The van der Waals surface area contributed by atoms with Crippen LogP contribution in [0.5, 0.6) is 0 Å². The van der Waals surface area contributed by atoms with E-state index in [-0.39, 0.29) is 6.16 Å². The molecule has 3 rings (SSSR count). The van der Waals surface area contributed by atoms with Gasteiger partial charge in [-0.1, -0.05) is 60.7 Å². The molecule has 0 N–H and O–H groups in total. The SMILES string of the molecule is O=P(Cc1cccc[n+]1[O-])(c1ccccc1)c1ccccc1. The predicted molar refractivity (Wildman–Crippen MR) is 88.9 cm³/mol. The molecule has 0 spiro atoms. The van der Waals surface area contributed by atoms with Crippen molar-refractivity contribution in [3.05, 3.63) is 96.0 Å². The van der Waals surface area contributed by atoms with Crippen LogP contribution in [0.2, 0.25) is 0 Å². The van der Waals surface area contributed by atoms with Gasteiger partial charge in [-0.3, -0.25) is 0 Å². The first-order valence-electron chi connectivity index (χ1n) is 7.07. The number of hydrogen-bond donors (Lipinski definition) is 0. The van der Waals surface area contributed by atoms with Gasteiger partial charge in [-0.15, -0.1) is 0 Å². The highest BCUT2D eigenvalue weighted by atomic mass is 31.2. The van der Waals surface area contributed by atoms with E-state index in [1.165, 1.54) is 6.20 Å². The molecule has 4 heteroatoms. The maximum Gasteiger partial charge on any atom is 0.200 e. The molecule has 22 heavy (non-hydrogen) atoms. The van der Waals surface area contributed by atoms with Crippen LogP contribution in [0.25, 0.3) is 0 Å². The maximum atomic E-state index is 13.8. The summed E-state index contributed by atoms with van der Waals surface area (Å²) in [6.45, 7) is 0. The number of hydrogen-bond acceptors (Lipinski definition) is 2. The van der Waals surface area contributed by atoms with Crippen molar-refractivity contribution >= 4 is 17.8 Å². The first-order chi connectivity index (χ1) is 10.7. The summed E-state index contributed by atoms with van der Waals surface area (Å²) in [6.07, 6.45) is 1.65. The van der Waals surface area contributed by atoms with E-state index in [9.17, 15) is 9.77 Å². The maximum absolute atomic E-state index is 13.8. The van der Waals surface area contributed by atoms with Crippen LogP contribution in [0, 0.1) is 5.21 Å². The smallest absolute Gasteiger partial charge is 0.200 e. The van der Waals surface area contributed by atoms with Gasteiger partial charge in [0.1, 0.15) is 0 Å². The second-order valence-corrected chi connectivity index (χ2v) is 7.92. The van der Waals surface area contributed by atoms with Gasteiger partial charge >= 0.3 is 0 Å². The van der Waals surface area contributed by atoms with Crippen LogP contribution in [0.4, 0.5) is 0 Å². The summed E-state index contributed by atoms with van der Waals surface area (Å²) >= 11 is 0. The van der Waals surface area contributed by atoms with Gasteiger partial charge < -0.3 is 9.77 Å². The fraction of sp³-hybridized carbons (Fsp3) is 0.0556. The van der Waals surface area contributed by atoms with Crippen LogP contribution < -0.4 is 15.3 Å².